The van der Waals surface area contributed by atoms with Gasteiger partial charge in [0.05, 0.1) is 6.54 Å². The fourth-order valence-electron chi connectivity index (χ4n) is 6.16. The first-order chi connectivity index (χ1) is 18.0. The monoisotopic (exact) mass is 509 g/mol. The van der Waals surface area contributed by atoms with E-state index in [0.29, 0.717) is 11.8 Å². The number of piperidine rings is 2. The van der Waals surface area contributed by atoms with Crippen molar-refractivity contribution >= 4 is 12.1 Å². The van der Waals surface area contributed by atoms with Crippen molar-refractivity contribution in [2.24, 2.45) is 28.7 Å². The van der Waals surface area contributed by atoms with Gasteiger partial charge in [-0.25, -0.2) is 0 Å². The number of amides is 1. The van der Waals surface area contributed by atoms with Crippen LogP contribution < -0.4 is 0 Å². The molecule has 0 aromatic heterocycles. The fraction of sp³-hybridized carbons (Fsp3) is 0.758. The number of hydrogen-bond acceptors (Lipinski definition) is 3. The maximum Gasteiger partial charge on any atom is 0.226 e. The van der Waals surface area contributed by atoms with Gasteiger partial charge in [-0.3, -0.25) is 9.79 Å². The quantitative estimate of drug-likeness (QED) is 0.155. The Balaban J connectivity index is 1.31. The summed E-state index contributed by atoms with van der Waals surface area (Å²) < 4.78 is 0. The standard InChI is InChI=1S/C33H55N3O/c1-5-28(10-11-31-16-21-35(22-17-31)25-20-34-26-27(3)4)8-7-9-30-12-14-32(15-13-30)33(37)36-23-18-29(6-2)19-24-36/h5,7-8,12,26-27,29,31-32H,6,9-11,13-25H2,1-4H3/b8-7-,28-5+,34-26?. The van der Waals surface area contributed by atoms with Crippen LogP contribution in [0.2, 0.25) is 0 Å². The van der Waals surface area contributed by atoms with Crippen LogP contribution in [0.25, 0.3) is 0 Å². The number of hydrogen-bond donors (Lipinski definition) is 0. The van der Waals surface area contributed by atoms with E-state index in [4.69, 9.17) is 0 Å². The van der Waals surface area contributed by atoms with E-state index in [1.807, 2.05) is 0 Å². The third kappa shape index (κ3) is 10.5. The van der Waals surface area contributed by atoms with E-state index in [2.05, 4.69) is 73.0 Å². The van der Waals surface area contributed by atoms with Gasteiger partial charge in [-0.2, -0.15) is 0 Å². The summed E-state index contributed by atoms with van der Waals surface area (Å²) in [4.78, 5) is 22.3. The van der Waals surface area contributed by atoms with E-state index in [-0.39, 0.29) is 5.92 Å². The van der Waals surface area contributed by atoms with Crippen LogP contribution in [0.4, 0.5) is 0 Å². The molecule has 2 fully saturated rings. The molecule has 3 aliphatic rings. The van der Waals surface area contributed by atoms with Gasteiger partial charge < -0.3 is 9.80 Å². The molecule has 37 heavy (non-hydrogen) atoms. The molecule has 2 heterocycles. The van der Waals surface area contributed by atoms with E-state index in [1.165, 1.54) is 69.2 Å². The Kier molecular flexibility index (Phi) is 13.2. The highest BCUT2D eigenvalue weighted by Crippen LogP contribution is 2.30. The predicted molar refractivity (Wildman–Crippen MR) is 159 cm³/mol. The van der Waals surface area contributed by atoms with Crippen LogP contribution in [0.1, 0.15) is 98.3 Å². The molecule has 0 N–H and O–H groups in total. The zero-order chi connectivity index (χ0) is 26.5. The van der Waals surface area contributed by atoms with Crippen molar-refractivity contribution in [1.29, 1.82) is 0 Å². The average molecular weight is 510 g/mol. The number of aliphatic imine (C=N–C) groups is 1. The van der Waals surface area contributed by atoms with E-state index in [1.54, 1.807) is 0 Å². The largest absolute Gasteiger partial charge is 0.342 e. The number of allylic oxidation sites excluding steroid dienone is 6. The van der Waals surface area contributed by atoms with Gasteiger partial charge in [-0.15, -0.1) is 0 Å². The first-order valence-corrected chi connectivity index (χ1v) is 15.5. The molecule has 1 amide bonds. The van der Waals surface area contributed by atoms with Crippen molar-refractivity contribution in [1.82, 2.24) is 9.80 Å². The highest BCUT2D eigenvalue weighted by molar-refractivity contribution is 5.79. The lowest BCUT2D eigenvalue weighted by molar-refractivity contribution is -0.137. The fourth-order valence-corrected chi connectivity index (χ4v) is 6.16. The minimum Gasteiger partial charge on any atom is -0.342 e. The summed E-state index contributed by atoms with van der Waals surface area (Å²) in [7, 11) is 0. The van der Waals surface area contributed by atoms with Gasteiger partial charge in [0.1, 0.15) is 0 Å². The molecule has 2 aliphatic heterocycles. The third-order valence-corrected chi connectivity index (χ3v) is 8.94. The molecular formula is C33H55N3O. The number of rotatable bonds is 12. The molecule has 0 aromatic carbocycles. The lowest BCUT2D eigenvalue weighted by atomic mass is 9.86. The molecule has 4 nitrogen and oxygen atoms in total. The maximum atomic E-state index is 13.0. The molecular weight excluding hydrogens is 454 g/mol. The van der Waals surface area contributed by atoms with Crippen LogP contribution in [0.3, 0.4) is 0 Å². The molecule has 1 aliphatic carbocycles. The number of carbonyl (C=O) groups excluding carboxylic acids is 1. The molecule has 0 bridgehead atoms. The van der Waals surface area contributed by atoms with Crippen molar-refractivity contribution < 1.29 is 4.79 Å². The van der Waals surface area contributed by atoms with Crippen molar-refractivity contribution in [2.45, 2.75) is 98.3 Å². The van der Waals surface area contributed by atoms with Crippen LogP contribution in [-0.4, -0.2) is 61.2 Å². The Labute approximate surface area is 228 Å². The van der Waals surface area contributed by atoms with Gasteiger partial charge in [-0.05, 0) is 102 Å². The lowest BCUT2D eigenvalue weighted by Gasteiger charge is -2.34. The van der Waals surface area contributed by atoms with Crippen LogP contribution >= 0.6 is 0 Å². The highest BCUT2D eigenvalue weighted by atomic mass is 16.2. The van der Waals surface area contributed by atoms with Crippen LogP contribution in [0.15, 0.2) is 40.4 Å². The molecule has 0 saturated carbocycles. The van der Waals surface area contributed by atoms with Gasteiger partial charge >= 0.3 is 0 Å². The van der Waals surface area contributed by atoms with E-state index >= 15 is 0 Å². The number of likely N-dealkylation sites (tertiary alicyclic amines) is 2. The minimum absolute atomic E-state index is 0.219. The molecule has 0 aromatic rings. The Morgan fingerprint density at radius 2 is 1.81 bits per heavy atom. The zero-order valence-electron chi connectivity index (χ0n) is 24.5. The molecule has 3 rings (SSSR count). The van der Waals surface area contributed by atoms with Gasteiger partial charge in [0.25, 0.3) is 0 Å². The van der Waals surface area contributed by atoms with Gasteiger partial charge in [0.15, 0.2) is 0 Å². The SMILES string of the molecule is C/C=C(\C=C/CC1=CCC(C(=O)N2CCC(CC)CC2)CC1)CCC1CCN(CCN=CC(C)C)CC1. The summed E-state index contributed by atoms with van der Waals surface area (Å²) in [6, 6.07) is 0. The molecule has 4 heteroatoms. The first kappa shape index (κ1) is 29.9. The minimum atomic E-state index is 0.219. The second-order valence-corrected chi connectivity index (χ2v) is 12.1. The molecule has 208 valence electrons. The highest BCUT2D eigenvalue weighted by Gasteiger charge is 2.28. The second kappa shape index (κ2) is 16.3. The summed E-state index contributed by atoms with van der Waals surface area (Å²) >= 11 is 0. The Bertz CT molecular complexity index is 792. The summed E-state index contributed by atoms with van der Waals surface area (Å²) in [5, 5.41) is 0. The predicted octanol–water partition coefficient (Wildman–Crippen LogP) is 7.47. The Morgan fingerprint density at radius 3 is 2.43 bits per heavy atom. The van der Waals surface area contributed by atoms with Gasteiger partial charge in [-0.1, -0.05) is 62.6 Å². The summed E-state index contributed by atoms with van der Waals surface area (Å²) in [5.74, 6) is 2.88. The Morgan fingerprint density at radius 1 is 1.08 bits per heavy atom. The van der Waals surface area contributed by atoms with Crippen molar-refractivity contribution in [2.75, 3.05) is 39.3 Å². The Hall–Kier alpha value is -1.68. The number of carbonyl (C=O) groups is 1. The number of nitrogens with zero attached hydrogens (tertiary/aromatic N) is 3. The van der Waals surface area contributed by atoms with Crippen LogP contribution in [0.5, 0.6) is 0 Å². The van der Waals surface area contributed by atoms with Crippen LogP contribution in [0, 0.1) is 23.7 Å². The normalized spacial score (nSPS) is 23.5. The second-order valence-electron chi connectivity index (χ2n) is 12.1. The molecule has 2 saturated heterocycles. The van der Waals surface area contributed by atoms with E-state index in [0.717, 1.165) is 63.7 Å². The lowest BCUT2D eigenvalue weighted by Crippen LogP contribution is -2.42. The van der Waals surface area contributed by atoms with Crippen molar-refractivity contribution in [3.63, 3.8) is 0 Å². The first-order valence-electron chi connectivity index (χ1n) is 15.5. The van der Waals surface area contributed by atoms with Gasteiger partial charge in [0.2, 0.25) is 5.91 Å². The maximum absolute atomic E-state index is 13.0. The molecule has 0 radical (unpaired) electrons. The molecule has 0 spiro atoms. The van der Waals surface area contributed by atoms with E-state index < -0.39 is 0 Å². The topological polar surface area (TPSA) is 35.9 Å². The molecule has 1 atom stereocenters. The van der Waals surface area contributed by atoms with Crippen molar-refractivity contribution in [3.05, 3.63) is 35.5 Å². The smallest absolute Gasteiger partial charge is 0.226 e. The average Bonchev–Trinajstić information content (AvgIpc) is 2.93. The third-order valence-electron chi connectivity index (χ3n) is 8.94. The van der Waals surface area contributed by atoms with Gasteiger partial charge in [0, 0.05) is 31.8 Å². The zero-order valence-corrected chi connectivity index (χ0v) is 24.5. The van der Waals surface area contributed by atoms with E-state index in [9.17, 15) is 4.79 Å². The summed E-state index contributed by atoms with van der Waals surface area (Å²) in [5.41, 5.74) is 3.00. The van der Waals surface area contributed by atoms with Crippen LogP contribution in [-0.2, 0) is 4.79 Å². The van der Waals surface area contributed by atoms with Crippen molar-refractivity contribution in [3.8, 4) is 0 Å². The summed E-state index contributed by atoms with van der Waals surface area (Å²) in [6.45, 7) is 15.3. The molecule has 1 unspecified atom stereocenters. The summed E-state index contributed by atoms with van der Waals surface area (Å²) in [6.07, 6.45) is 24.4.